The number of para-hydroxylation sites is 1. The smallest absolute Gasteiger partial charge is 0.122 e. The van der Waals surface area contributed by atoms with Crippen LogP contribution in [0.3, 0.4) is 0 Å². The minimum Gasteiger partial charge on any atom is -0.493 e. The highest BCUT2D eigenvalue weighted by atomic mass is 35.5. The van der Waals surface area contributed by atoms with Gasteiger partial charge in [-0.3, -0.25) is 0 Å². The van der Waals surface area contributed by atoms with Crippen LogP contribution in [0.5, 0.6) is 5.75 Å². The van der Waals surface area contributed by atoms with Gasteiger partial charge < -0.3 is 10.1 Å². The average Bonchev–Trinajstić information content (AvgIpc) is 2.58. The fraction of sp³-hybridized carbons (Fsp3) is 0.400. The van der Waals surface area contributed by atoms with E-state index in [2.05, 4.69) is 59.9 Å². The average molecular weight is 332 g/mol. The van der Waals surface area contributed by atoms with Crippen molar-refractivity contribution in [3.05, 3.63) is 65.7 Å². The van der Waals surface area contributed by atoms with Crippen molar-refractivity contribution in [2.45, 2.75) is 38.1 Å². The Morgan fingerprint density at radius 1 is 0.957 bits per heavy atom. The third kappa shape index (κ3) is 5.56. The van der Waals surface area contributed by atoms with E-state index in [0.717, 1.165) is 31.7 Å². The maximum absolute atomic E-state index is 6.07. The molecular weight excluding hydrogens is 306 g/mol. The Morgan fingerprint density at radius 3 is 2.52 bits per heavy atom. The topological polar surface area (TPSA) is 21.3 Å². The van der Waals surface area contributed by atoms with Gasteiger partial charge in [-0.05, 0) is 43.0 Å². The predicted octanol–water partition coefficient (Wildman–Crippen LogP) is 4.61. The molecule has 3 heteroatoms. The fourth-order valence-corrected chi connectivity index (χ4v) is 3.09. The highest BCUT2D eigenvalue weighted by molar-refractivity contribution is 5.85. The van der Waals surface area contributed by atoms with E-state index in [4.69, 9.17) is 4.74 Å². The first-order valence-corrected chi connectivity index (χ1v) is 8.40. The van der Waals surface area contributed by atoms with Gasteiger partial charge in [0.2, 0.25) is 0 Å². The Balaban J connectivity index is 0.00000192. The van der Waals surface area contributed by atoms with Crippen LogP contribution in [0.2, 0.25) is 0 Å². The summed E-state index contributed by atoms with van der Waals surface area (Å²) in [5, 5.41) is 3.58. The molecule has 23 heavy (non-hydrogen) atoms. The van der Waals surface area contributed by atoms with Crippen LogP contribution >= 0.6 is 12.4 Å². The van der Waals surface area contributed by atoms with E-state index in [1.807, 2.05) is 0 Å². The standard InChI is InChI=1S/C20H25NO.ClH/c1-2-8-17(9-3-1)16-18-10-4-5-12-20(18)22-15-13-19-11-6-7-14-21-19;/h1-5,8-10,12,19,21H,6-7,11,13-16H2;1H. The predicted molar refractivity (Wildman–Crippen MR) is 98.7 cm³/mol. The van der Waals surface area contributed by atoms with Crippen LogP contribution in [-0.4, -0.2) is 19.2 Å². The second-order valence-corrected chi connectivity index (χ2v) is 6.05. The molecule has 1 atom stereocenters. The number of benzene rings is 2. The quantitative estimate of drug-likeness (QED) is 0.834. The lowest BCUT2D eigenvalue weighted by Crippen LogP contribution is -2.35. The molecule has 0 aromatic heterocycles. The lowest BCUT2D eigenvalue weighted by Gasteiger charge is -2.23. The van der Waals surface area contributed by atoms with Crippen molar-refractivity contribution in [3.63, 3.8) is 0 Å². The second kappa shape index (κ2) is 9.59. The fourth-order valence-electron chi connectivity index (χ4n) is 3.09. The molecule has 1 aliphatic heterocycles. The van der Waals surface area contributed by atoms with Crippen LogP contribution in [0, 0.1) is 0 Å². The highest BCUT2D eigenvalue weighted by Gasteiger charge is 2.12. The summed E-state index contributed by atoms with van der Waals surface area (Å²) in [7, 11) is 0. The van der Waals surface area contributed by atoms with E-state index in [-0.39, 0.29) is 12.4 Å². The van der Waals surface area contributed by atoms with Crippen LogP contribution in [0.15, 0.2) is 54.6 Å². The summed E-state index contributed by atoms with van der Waals surface area (Å²) in [5.74, 6) is 1.03. The van der Waals surface area contributed by atoms with Gasteiger partial charge in [-0.15, -0.1) is 12.4 Å². The molecule has 0 amide bonds. The molecule has 0 aliphatic carbocycles. The van der Waals surface area contributed by atoms with Crippen LogP contribution in [0.1, 0.15) is 36.8 Å². The van der Waals surface area contributed by atoms with Crippen molar-refractivity contribution >= 4 is 12.4 Å². The van der Waals surface area contributed by atoms with Crippen molar-refractivity contribution in [2.24, 2.45) is 0 Å². The molecule has 1 saturated heterocycles. The van der Waals surface area contributed by atoms with Gasteiger partial charge in [0.1, 0.15) is 5.75 Å². The molecule has 0 bridgehead atoms. The summed E-state index contributed by atoms with van der Waals surface area (Å²) < 4.78 is 6.07. The van der Waals surface area contributed by atoms with Crippen molar-refractivity contribution in [1.29, 1.82) is 0 Å². The van der Waals surface area contributed by atoms with E-state index in [0.29, 0.717) is 6.04 Å². The van der Waals surface area contributed by atoms with E-state index < -0.39 is 0 Å². The van der Waals surface area contributed by atoms with Gasteiger partial charge in [0.15, 0.2) is 0 Å². The van der Waals surface area contributed by atoms with Gasteiger partial charge in [0.05, 0.1) is 6.61 Å². The van der Waals surface area contributed by atoms with E-state index >= 15 is 0 Å². The van der Waals surface area contributed by atoms with Gasteiger partial charge >= 0.3 is 0 Å². The zero-order valence-corrected chi connectivity index (χ0v) is 14.4. The van der Waals surface area contributed by atoms with Crippen LogP contribution in [0.4, 0.5) is 0 Å². The Morgan fingerprint density at radius 2 is 1.74 bits per heavy atom. The normalized spacial score (nSPS) is 17.3. The first kappa shape index (κ1) is 17.8. The summed E-state index contributed by atoms with van der Waals surface area (Å²) in [6.45, 7) is 1.96. The molecule has 0 radical (unpaired) electrons. The maximum Gasteiger partial charge on any atom is 0.122 e. The monoisotopic (exact) mass is 331 g/mol. The number of piperidine rings is 1. The number of ether oxygens (including phenoxy) is 1. The number of halogens is 1. The third-order valence-corrected chi connectivity index (χ3v) is 4.35. The number of hydrogen-bond acceptors (Lipinski definition) is 2. The van der Waals surface area contributed by atoms with Gasteiger partial charge in [0, 0.05) is 12.5 Å². The van der Waals surface area contributed by atoms with Gasteiger partial charge in [0.25, 0.3) is 0 Å². The summed E-state index contributed by atoms with van der Waals surface area (Å²) >= 11 is 0. The molecule has 2 nitrogen and oxygen atoms in total. The van der Waals surface area contributed by atoms with Crippen LogP contribution in [0.25, 0.3) is 0 Å². The molecule has 0 spiro atoms. The van der Waals surface area contributed by atoms with Crippen molar-refractivity contribution in [3.8, 4) is 5.75 Å². The van der Waals surface area contributed by atoms with Gasteiger partial charge in [-0.25, -0.2) is 0 Å². The first-order chi connectivity index (χ1) is 10.9. The number of rotatable bonds is 6. The molecule has 3 rings (SSSR count). The minimum atomic E-state index is 0. The molecule has 0 saturated carbocycles. The van der Waals surface area contributed by atoms with Crippen LogP contribution in [-0.2, 0) is 6.42 Å². The molecule has 1 aliphatic rings. The van der Waals surface area contributed by atoms with E-state index in [1.54, 1.807) is 0 Å². The third-order valence-electron chi connectivity index (χ3n) is 4.35. The molecule has 1 fully saturated rings. The zero-order chi connectivity index (χ0) is 15.0. The summed E-state index contributed by atoms with van der Waals surface area (Å²) in [5.41, 5.74) is 2.60. The minimum absolute atomic E-state index is 0. The molecule has 2 aromatic rings. The van der Waals surface area contributed by atoms with Gasteiger partial charge in [-0.2, -0.15) is 0 Å². The summed E-state index contributed by atoms with van der Waals surface area (Å²) in [4.78, 5) is 0. The Kier molecular flexibility index (Phi) is 7.44. The molecule has 1 unspecified atom stereocenters. The largest absolute Gasteiger partial charge is 0.493 e. The Labute approximate surface area is 145 Å². The van der Waals surface area contributed by atoms with Crippen LogP contribution < -0.4 is 10.1 Å². The van der Waals surface area contributed by atoms with E-state index in [1.165, 1.54) is 30.4 Å². The van der Waals surface area contributed by atoms with E-state index in [9.17, 15) is 0 Å². The summed E-state index contributed by atoms with van der Waals surface area (Å²) in [6.07, 6.45) is 5.98. The highest BCUT2D eigenvalue weighted by Crippen LogP contribution is 2.22. The molecular formula is C20H26ClNO. The van der Waals surface area contributed by atoms with Crippen molar-refractivity contribution in [1.82, 2.24) is 5.32 Å². The van der Waals surface area contributed by atoms with Gasteiger partial charge in [-0.1, -0.05) is 55.0 Å². The molecule has 2 aromatic carbocycles. The zero-order valence-electron chi connectivity index (χ0n) is 13.5. The van der Waals surface area contributed by atoms with Crippen molar-refractivity contribution in [2.75, 3.05) is 13.2 Å². The molecule has 1 N–H and O–H groups in total. The lowest BCUT2D eigenvalue weighted by molar-refractivity contribution is 0.266. The Bertz CT molecular complexity index is 567. The molecule has 1 heterocycles. The maximum atomic E-state index is 6.07. The first-order valence-electron chi connectivity index (χ1n) is 8.40. The lowest BCUT2D eigenvalue weighted by atomic mass is 10.0. The molecule has 124 valence electrons. The van der Waals surface area contributed by atoms with Crippen molar-refractivity contribution < 1.29 is 4.74 Å². The summed E-state index contributed by atoms with van der Waals surface area (Å²) in [6, 6.07) is 19.6. The second-order valence-electron chi connectivity index (χ2n) is 6.05. The SMILES string of the molecule is Cl.c1ccc(Cc2ccccc2OCCC2CCCCN2)cc1. The Hall–Kier alpha value is -1.51. The number of nitrogens with one attached hydrogen (secondary N) is 1. The number of hydrogen-bond donors (Lipinski definition) is 1.